The minimum absolute atomic E-state index is 0.461. The van der Waals surface area contributed by atoms with Gasteiger partial charge in [0.1, 0.15) is 0 Å². The maximum atomic E-state index is 3.89. The SMILES string of the molecule is CCC(C)N(C)CC(C)NC=NC. The van der Waals surface area contributed by atoms with Gasteiger partial charge in [-0.05, 0) is 27.3 Å². The average molecular weight is 185 g/mol. The first kappa shape index (κ1) is 12.4. The van der Waals surface area contributed by atoms with Gasteiger partial charge in [0.15, 0.2) is 0 Å². The van der Waals surface area contributed by atoms with Crippen molar-refractivity contribution < 1.29 is 0 Å². The summed E-state index contributed by atoms with van der Waals surface area (Å²) in [6.45, 7) is 7.69. The third-order valence-electron chi connectivity index (χ3n) is 2.39. The van der Waals surface area contributed by atoms with Crippen LogP contribution < -0.4 is 5.32 Å². The average Bonchev–Trinajstić information content (AvgIpc) is 2.13. The number of aliphatic imine (C=N–C) groups is 1. The number of nitrogens with one attached hydrogen (secondary N) is 1. The molecule has 2 unspecified atom stereocenters. The molecular formula is C10H23N3. The highest BCUT2D eigenvalue weighted by atomic mass is 15.1. The van der Waals surface area contributed by atoms with Crippen LogP contribution in [0, 0.1) is 0 Å². The highest BCUT2D eigenvalue weighted by molar-refractivity contribution is 5.54. The second-order valence-electron chi connectivity index (χ2n) is 3.65. The van der Waals surface area contributed by atoms with Crippen molar-refractivity contribution in [2.75, 3.05) is 20.6 Å². The van der Waals surface area contributed by atoms with Crippen molar-refractivity contribution in [3.8, 4) is 0 Å². The van der Waals surface area contributed by atoms with E-state index in [1.54, 1.807) is 13.4 Å². The Bertz CT molecular complexity index is 145. The van der Waals surface area contributed by atoms with Crippen LogP contribution in [0.15, 0.2) is 4.99 Å². The van der Waals surface area contributed by atoms with Gasteiger partial charge in [0, 0.05) is 25.7 Å². The summed E-state index contributed by atoms with van der Waals surface area (Å²) in [6.07, 6.45) is 2.96. The van der Waals surface area contributed by atoms with Crippen molar-refractivity contribution >= 4 is 6.34 Å². The fraction of sp³-hybridized carbons (Fsp3) is 0.900. The van der Waals surface area contributed by atoms with Gasteiger partial charge >= 0.3 is 0 Å². The van der Waals surface area contributed by atoms with Crippen LogP contribution in [-0.4, -0.2) is 44.0 Å². The molecule has 0 rings (SSSR count). The molecule has 0 bridgehead atoms. The van der Waals surface area contributed by atoms with Gasteiger partial charge in [-0.2, -0.15) is 0 Å². The molecule has 0 saturated heterocycles. The summed E-state index contributed by atoms with van der Waals surface area (Å²) in [5.74, 6) is 0. The summed E-state index contributed by atoms with van der Waals surface area (Å²) in [4.78, 5) is 6.26. The molecule has 0 spiro atoms. The Morgan fingerprint density at radius 1 is 1.46 bits per heavy atom. The number of likely N-dealkylation sites (N-methyl/N-ethyl adjacent to an activating group) is 1. The molecule has 3 nitrogen and oxygen atoms in total. The Labute approximate surface area is 82.2 Å². The molecule has 13 heavy (non-hydrogen) atoms. The number of rotatable bonds is 6. The normalized spacial score (nSPS) is 16.5. The van der Waals surface area contributed by atoms with Crippen molar-refractivity contribution in [2.24, 2.45) is 4.99 Å². The molecule has 0 heterocycles. The van der Waals surface area contributed by atoms with Crippen molar-refractivity contribution in [1.82, 2.24) is 10.2 Å². The smallest absolute Gasteiger partial charge is 0.0822 e. The molecule has 0 radical (unpaired) electrons. The first-order valence-corrected chi connectivity index (χ1v) is 4.98. The zero-order chi connectivity index (χ0) is 10.3. The summed E-state index contributed by atoms with van der Waals surface area (Å²) in [7, 11) is 3.94. The molecule has 0 aliphatic carbocycles. The predicted molar refractivity (Wildman–Crippen MR) is 59.4 cm³/mol. The van der Waals surface area contributed by atoms with Crippen molar-refractivity contribution in [1.29, 1.82) is 0 Å². The topological polar surface area (TPSA) is 27.6 Å². The van der Waals surface area contributed by atoms with Gasteiger partial charge in [-0.15, -0.1) is 0 Å². The largest absolute Gasteiger partial charge is 0.373 e. The van der Waals surface area contributed by atoms with E-state index in [1.165, 1.54) is 6.42 Å². The summed E-state index contributed by atoms with van der Waals surface area (Å²) in [5, 5.41) is 3.21. The van der Waals surface area contributed by atoms with E-state index in [0.29, 0.717) is 12.1 Å². The van der Waals surface area contributed by atoms with Crippen LogP contribution in [0.4, 0.5) is 0 Å². The Morgan fingerprint density at radius 3 is 2.54 bits per heavy atom. The molecule has 2 atom stereocenters. The van der Waals surface area contributed by atoms with E-state index >= 15 is 0 Å². The number of hydrogen-bond donors (Lipinski definition) is 1. The van der Waals surface area contributed by atoms with Crippen LogP contribution >= 0.6 is 0 Å². The van der Waals surface area contributed by atoms with Crippen LogP contribution in [0.3, 0.4) is 0 Å². The molecule has 0 aromatic carbocycles. The van der Waals surface area contributed by atoms with Crippen LogP contribution in [0.1, 0.15) is 27.2 Å². The zero-order valence-electron chi connectivity index (χ0n) is 9.54. The molecular weight excluding hydrogens is 162 g/mol. The molecule has 0 fully saturated rings. The molecule has 0 aromatic heterocycles. The lowest BCUT2D eigenvalue weighted by atomic mass is 10.2. The van der Waals surface area contributed by atoms with E-state index in [2.05, 4.69) is 43.0 Å². The predicted octanol–water partition coefficient (Wildman–Crippen LogP) is 1.35. The Balaban J connectivity index is 3.70. The van der Waals surface area contributed by atoms with Crippen LogP contribution in [0.2, 0.25) is 0 Å². The second-order valence-corrected chi connectivity index (χ2v) is 3.65. The highest BCUT2D eigenvalue weighted by Gasteiger charge is 2.09. The first-order valence-electron chi connectivity index (χ1n) is 4.98. The van der Waals surface area contributed by atoms with Crippen molar-refractivity contribution in [3.63, 3.8) is 0 Å². The van der Waals surface area contributed by atoms with Gasteiger partial charge in [-0.3, -0.25) is 4.99 Å². The minimum atomic E-state index is 0.461. The van der Waals surface area contributed by atoms with Crippen molar-refractivity contribution in [3.05, 3.63) is 0 Å². The van der Waals surface area contributed by atoms with E-state index in [4.69, 9.17) is 0 Å². The quantitative estimate of drug-likeness (QED) is 0.500. The Hall–Kier alpha value is -0.570. The lowest BCUT2D eigenvalue weighted by Crippen LogP contribution is -2.40. The van der Waals surface area contributed by atoms with Gasteiger partial charge in [-0.25, -0.2) is 0 Å². The summed E-state index contributed by atoms with van der Waals surface area (Å²) >= 11 is 0. The first-order chi connectivity index (χ1) is 6.11. The Kier molecular flexibility index (Phi) is 6.59. The molecule has 3 heteroatoms. The monoisotopic (exact) mass is 185 g/mol. The third kappa shape index (κ3) is 5.64. The van der Waals surface area contributed by atoms with E-state index in [1.807, 2.05) is 0 Å². The summed E-state index contributed by atoms with van der Waals surface area (Å²) in [5.41, 5.74) is 0. The lowest BCUT2D eigenvalue weighted by molar-refractivity contribution is 0.236. The van der Waals surface area contributed by atoms with Gasteiger partial charge in [0.25, 0.3) is 0 Å². The molecule has 0 saturated carbocycles. The van der Waals surface area contributed by atoms with Gasteiger partial charge < -0.3 is 10.2 Å². The molecule has 78 valence electrons. The van der Waals surface area contributed by atoms with Crippen LogP contribution in [0.25, 0.3) is 0 Å². The van der Waals surface area contributed by atoms with Gasteiger partial charge in [0.2, 0.25) is 0 Å². The van der Waals surface area contributed by atoms with Gasteiger partial charge in [0.05, 0.1) is 6.34 Å². The minimum Gasteiger partial charge on any atom is -0.373 e. The fourth-order valence-corrected chi connectivity index (χ4v) is 1.18. The standard InChI is InChI=1S/C10H23N3/c1-6-10(3)13(5)7-9(2)12-8-11-4/h8-10H,6-7H2,1-5H3,(H,11,12). The zero-order valence-corrected chi connectivity index (χ0v) is 9.54. The van der Waals surface area contributed by atoms with E-state index in [-0.39, 0.29) is 0 Å². The number of hydrogen-bond acceptors (Lipinski definition) is 2. The maximum Gasteiger partial charge on any atom is 0.0822 e. The molecule has 0 aromatic rings. The fourth-order valence-electron chi connectivity index (χ4n) is 1.18. The van der Waals surface area contributed by atoms with Crippen molar-refractivity contribution in [2.45, 2.75) is 39.3 Å². The molecule has 1 N–H and O–H groups in total. The van der Waals surface area contributed by atoms with E-state index < -0.39 is 0 Å². The number of nitrogens with zero attached hydrogens (tertiary/aromatic N) is 2. The lowest BCUT2D eigenvalue weighted by Gasteiger charge is -2.26. The van der Waals surface area contributed by atoms with E-state index in [0.717, 1.165) is 6.54 Å². The summed E-state index contributed by atoms with van der Waals surface area (Å²) < 4.78 is 0. The highest BCUT2D eigenvalue weighted by Crippen LogP contribution is 2.00. The summed E-state index contributed by atoms with van der Waals surface area (Å²) in [6, 6.07) is 1.12. The Morgan fingerprint density at radius 2 is 2.08 bits per heavy atom. The third-order valence-corrected chi connectivity index (χ3v) is 2.39. The van der Waals surface area contributed by atoms with E-state index in [9.17, 15) is 0 Å². The van der Waals surface area contributed by atoms with Crippen LogP contribution in [-0.2, 0) is 0 Å². The molecule has 0 aliphatic heterocycles. The molecule has 0 aliphatic rings. The molecule has 0 amide bonds. The second kappa shape index (κ2) is 6.89. The maximum absolute atomic E-state index is 3.89. The van der Waals surface area contributed by atoms with Crippen LogP contribution in [0.5, 0.6) is 0 Å². The van der Waals surface area contributed by atoms with Gasteiger partial charge in [-0.1, -0.05) is 6.92 Å².